The second kappa shape index (κ2) is 4.65. The zero-order valence-electron chi connectivity index (χ0n) is 7.78. The lowest BCUT2D eigenvalue weighted by atomic mass is 10.2. The van der Waals surface area contributed by atoms with Gasteiger partial charge in [-0.25, -0.2) is 9.59 Å². The first-order valence-corrected chi connectivity index (χ1v) is 4.30. The second-order valence-electron chi connectivity index (χ2n) is 2.62. The first-order chi connectivity index (χ1) is 7.04. The molecule has 0 aliphatic heterocycles. The van der Waals surface area contributed by atoms with Gasteiger partial charge >= 0.3 is 12.1 Å². The molecule has 0 heterocycles. The second-order valence-corrected chi connectivity index (χ2v) is 3.02. The third-order valence-electron chi connectivity index (χ3n) is 1.64. The number of halogens is 1. The van der Waals surface area contributed by atoms with Gasteiger partial charge in [-0.05, 0) is 18.2 Å². The normalized spacial score (nSPS) is 9.47. The summed E-state index contributed by atoms with van der Waals surface area (Å²) in [5, 5.41) is 11.1. The van der Waals surface area contributed by atoms with Crippen LogP contribution in [0.2, 0.25) is 5.02 Å². The number of carboxylic acid groups (broad SMARTS) is 1. The van der Waals surface area contributed by atoms with Gasteiger partial charge in [0, 0.05) is 0 Å². The minimum absolute atomic E-state index is 0.0513. The van der Waals surface area contributed by atoms with Crippen molar-refractivity contribution in [1.29, 1.82) is 0 Å². The molecule has 0 saturated carbocycles. The predicted octanol–water partition coefficient (Wildman–Crippen LogP) is 2.22. The van der Waals surface area contributed by atoms with E-state index in [9.17, 15) is 9.59 Å². The minimum Gasteiger partial charge on any atom is -0.478 e. The maximum absolute atomic E-state index is 10.8. The SMILES string of the molecule is COC(=O)Nc1ccc(C(=O)O)cc1Cl. The maximum Gasteiger partial charge on any atom is 0.411 e. The van der Waals surface area contributed by atoms with Crippen LogP contribution in [-0.2, 0) is 4.74 Å². The average Bonchev–Trinajstić information content (AvgIpc) is 2.20. The fraction of sp³-hybridized carbons (Fsp3) is 0.111. The van der Waals surface area contributed by atoms with Crippen molar-refractivity contribution in [3.63, 3.8) is 0 Å². The molecule has 1 rings (SSSR count). The van der Waals surface area contributed by atoms with Gasteiger partial charge in [-0.15, -0.1) is 0 Å². The van der Waals surface area contributed by atoms with Gasteiger partial charge in [-0.1, -0.05) is 11.6 Å². The van der Waals surface area contributed by atoms with Crippen LogP contribution in [0.3, 0.4) is 0 Å². The lowest BCUT2D eigenvalue weighted by molar-refractivity contribution is 0.0697. The number of amides is 1. The molecule has 0 unspecified atom stereocenters. The number of carbonyl (C=O) groups is 2. The molecule has 0 aliphatic rings. The Balaban J connectivity index is 2.93. The van der Waals surface area contributed by atoms with E-state index >= 15 is 0 Å². The van der Waals surface area contributed by atoms with E-state index in [0.717, 1.165) is 0 Å². The number of rotatable bonds is 2. The first-order valence-electron chi connectivity index (χ1n) is 3.92. The first kappa shape index (κ1) is 11.3. The lowest BCUT2D eigenvalue weighted by Gasteiger charge is -2.06. The van der Waals surface area contributed by atoms with E-state index in [4.69, 9.17) is 16.7 Å². The zero-order chi connectivity index (χ0) is 11.4. The number of nitrogens with one attached hydrogen (secondary N) is 1. The Hall–Kier alpha value is -1.75. The van der Waals surface area contributed by atoms with Crippen molar-refractivity contribution < 1.29 is 19.4 Å². The van der Waals surface area contributed by atoms with E-state index in [1.807, 2.05) is 0 Å². The van der Waals surface area contributed by atoms with Crippen molar-refractivity contribution in [3.8, 4) is 0 Å². The van der Waals surface area contributed by atoms with E-state index in [-0.39, 0.29) is 10.6 Å². The highest BCUT2D eigenvalue weighted by molar-refractivity contribution is 6.34. The number of hydrogen-bond acceptors (Lipinski definition) is 3. The van der Waals surface area contributed by atoms with Crippen LogP contribution in [0.4, 0.5) is 10.5 Å². The molecule has 0 aromatic heterocycles. The smallest absolute Gasteiger partial charge is 0.411 e. The van der Waals surface area contributed by atoms with E-state index in [1.165, 1.54) is 25.3 Å². The Kier molecular flexibility index (Phi) is 3.51. The quantitative estimate of drug-likeness (QED) is 0.815. The topological polar surface area (TPSA) is 75.6 Å². The summed E-state index contributed by atoms with van der Waals surface area (Å²) in [5.41, 5.74) is 0.351. The van der Waals surface area contributed by atoms with Crippen LogP contribution in [0.25, 0.3) is 0 Å². The highest BCUT2D eigenvalue weighted by atomic mass is 35.5. The third-order valence-corrected chi connectivity index (χ3v) is 1.95. The lowest BCUT2D eigenvalue weighted by Crippen LogP contribution is -2.11. The van der Waals surface area contributed by atoms with Crippen molar-refractivity contribution in [3.05, 3.63) is 28.8 Å². The summed E-state index contributed by atoms with van der Waals surface area (Å²) >= 11 is 5.74. The number of ether oxygens (including phenoxy) is 1. The summed E-state index contributed by atoms with van der Waals surface area (Å²) in [6, 6.07) is 3.97. The van der Waals surface area contributed by atoms with Crippen LogP contribution in [0, 0.1) is 0 Å². The Morgan fingerprint density at radius 3 is 2.60 bits per heavy atom. The summed E-state index contributed by atoms with van der Waals surface area (Å²) in [6.07, 6.45) is -0.667. The van der Waals surface area contributed by atoms with Gasteiger partial charge in [0.2, 0.25) is 0 Å². The third kappa shape index (κ3) is 2.85. The number of hydrogen-bond donors (Lipinski definition) is 2. The largest absolute Gasteiger partial charge is 0.478 e. The van der Waals surface area contributed by atoms with Crippen LogP contribution in [-0.4, -0.2) is 24.3 Å². The minimum atomic E-state index is -1.08. The van der Waals surface area contributed by atoms with Gasteiger partial charge in [-0.3, -0.25) is 5.32 Å². The van der Waals surface area contributed by atoms with Gasteiger partial charge in [0.25, 0.3) is 0 Å². The van der Waals surface area contributed by atoms with Crippen molar-refractivity contribution in [1.82, 2.24) is 0 Å². The summed E-state index contributed by atoms with van der Waals surface area (Å²) in [7, 11) is 1.22. The van der Waals surface area contributed by atoms with E-state index in [1.54, 1.807) is 0 Å². The van der Waals surface area contributed by atoms with Crippen LogP contribution in [0.1, 0.15) is 10.4 Å². The molecule has 0 atom stereocenters. The Labute approximate surface area is 90.6 Å². The average molecular weight is 230 g/mol. The number of carbonyl (C=O) groups excluding carboxylic acids is 1. The molecule has 0 aliphatic carbocycles. The number of benzene rings is 1. The molecule has 0 spiro atoms. The Morgan fingerprint density at radius 1 is 1.47 bits per heavy atom. The molecule has 80 valence electrons. The number of anilines is 1. The molecule has 5 nitrogen and oxygen atoms in total. The van der Waals surface area contributed by atoms with Crippen LogP contribution >= 0.6 is 11.6 Å². The number of methoxy groups -OCH3 is 1. The molecule has 15 heavy (non-hydrogen) atoms. The molecular weight excluding hydrogens is 222 g/mol. The summed E-state index contributed by atoms with van der Waals surface area (Å²) in [5.74, 6) is -1.08. The molecule has 0 saturated heterocycles. The summed E-state index contributed by atoms with van der Waals surface area (Å²) in [4.78, 5) is 21.4. The molecule has 0 radical (unpaired) electrons. The molecule has 6 heteroatoms. The monoisotopic (exact) mass is 229 g/mol. The number of aromatic carboxylic acids is 1. The van der Waals surface area contributed by atoms with Gasteiger partial charge in [-0.2, -0.15) is 0 Å². The molecule has 1 amide bonds. The maximum atomic E-state index is 10.8. The van der Waals surface area contributed by atoms with Gasteiger partial charge in [0.15, 0.2) is 0 Å². The molecule has 2 N–H and O–H groups in total. The van der Waals surface area contributed by atoms with Crippen molar-refractivity contribution >= 4 is 29.4 Å². The van der Waals surface area contributed by atoms with E-state index in [0.29, 0.717) is 5.69 Å². The highest BCUT2D eigenvalue weighted by Gasteiger charge is 2.09. The predicted molar refractivity (Wildman–Crippen MR) is 54.4 cm³/mol. The van der Waals surface area contributed by atoms with Crippen molar-refractivity contribution in [2.75, 3.05) is 12.4 Å². The molecular formula is C9H8ClNO4. The highest BCUT2D eigenvalue weighted by Crippen LogP contribution is 2.23. The molecule has 0 bridgehead atoms. The van der Waals surface area contributed by atoms with Crippen molar-refractivity contribution in [2.45, 2.75) is 0 Å². The van der Waals surface area contributed by atoms with Crippen molar-refractivity contribution in [2.24, 2.45) is 0 Å². The van der Waals surface area contributed by atoms with Gasteiger partial charge in [0.05, 0.1) is 23.4 Å². The molecule has 0 fully saturated rings. The van der Waals surface area contributed by atoms with Crippen LogP contribution in [0.5, 0.6) is 0 Å². The van der Waals surface area contributed by atoms with E-state index in [2.05, 4.69) is 10.1 Å². The Bertz CT molecular complexity index is 405. The fourth-order valence-corrected chi connectivity index (χ4v) is 1.14. The van der Waals surface area contributed by atoms with Gasteiger partial charge < -0.3 is 9.84 Å². The molecule has 1 aromatic carbocycles. The number of carboxylic acids is 1. The fourth-order valence-electron chi connectivity index (χ4n) is 0.910. The summed E-state index contributed by atoms with van der Waals surface area (Å²) < 4.78 is 4.36. The van der Waals surface area contributed by atoms with E-state index < -0.39 is 12.1 Å². The Morgan fingerprint density at radius 2 is 2.13 bits per heavy atom. The van der Waals surface area contributed by atoms with Crippen LogP contribution < -0.4 is 5.32 Å². The zero-order valence-corrected chi connectivity index (χ0v) is 8.54. The standard InChI is InChI=1S/C9H8ClNO4/c1-15-9(14)11-7-3-2-5(8(12)13)4-6(7)10/h2-4H,1H3,(H,11,14)(H,12,13). The molecule has 1 aromatic rings. The summed E-state index contributed by atoms with van der Waals surface area (Å²) in [6.45, 7) is 0. The van der Waals surface area contributed by atoms with Gasteiger partial charge in [0.1, 0.15) is 0 Å². The van der Waals surface area contributed by atoms with Crippen LogP contribution in [0.15, 0.2) is 18.2 Å².